The topological polar surface area (TPSA) is 52.7 Å². The van der Waals surface area contributed by atoms with E-state index >= 15 is 0 Å². The van der Waals surface area contributed by atoms with Crippen molar-refractivity contribution in [1.29, 1.82) is 0 Å². The summed E-state index contributed by atoms with van der Waals surface area (Å²) < 4.78 is 27.4. The molecule has 24 heavy (non-hydrogen) atoms. The second-order valence-corrected chi connectivity index (χ2v) is 5.48. The first-order valence-electron chi connectivity index (χ1n) is 7.70. The summed E-state index contributed by atoms with van der Waals surface area (Å²) in [5.74, 6) is -2.34. The van der Waals surface area contributed by atoms with Crippen molar-refractivity contribution in [3.63, 3.8) is 0 Å². The first kappa shape index (κ1) is 20.3. The third-order valence-electron chi connectivity index (χ3n) is 3.91. The quantitative estimate of drug-likeness (QED) is 0.812. The minimum Gasteiger partial charge on any atom is -0.339 e. The van der Waals surface area contributed by atoms with Gasteiger partial charge in [-0.15, -0.1) is 12.4 Å². The van der Waals surface area contributed by atoms with Crippen molar-refractivity contribution in [2.24, 2.45) is 0 Å². The maximum Gasteiger partial charge on any atom is 0.259 e. The molecule has 1 aliphatic heterocycles. The Kier molecular flexibility index (Phi) is 8.07. The minimum atomic E-state index is -0.861. The van der Waals surface area contributed by atoms with Crippen LogP contribution in [0, 0.1) is 11.6 Å². The molecular formula is C16H22ClF2N3O2. The van der Waals surface area contributed by atoms with E-state index in [-0.39, 0.29) is 31.4 Å². The smallest absolute Gasteiger partial charge is 0.259 e. The van der Waals surface area contributed by atoms with E-state index in [9.17, 15) is 18.4 Å². The van der Waals surface area contributed by atoms with E-state index in [4.69, 9.17) is 0 Å². The largest absolute Gasteiger partial charge is 0.339 e. The molecule has 0 unspecified atom stereocenters. The van der Waals surface area contributed by atoms with Gasteiger partial charge in [0.1, 0.15) is 17.2 Å². The SMILES string of the molecule is CNCCCC(=O)N1CCN(C(=O)c2c(F)cccc2F)CC1.Cl. The number of halogens is 3. The van der Waals surface area contributed by atoms with E-state index in [1.54, 1.807) is 4.90 Å². The Hall–Kier alpha value is -1.73. The molecule has 1 heterocycles. The molecule has 0 bridgehead atoms. The molecular weight excluding hydrogens is 340 g/mol. The highest BCUT2D eigenvalue weighted by Gasteiger charge is 2.27. The predicted octanol–water partition coefficient (Wildman–Crippen LogP) is 1.67. The minimum absolute atomic E-state index is 0. The average molecular weight is 362 g/mol. The number of carbonyl (C=O) groups excluding carboxylic acids is 2. The van der Waals surface area contributed by atoms with Crippen LogP contribution in [0.2, 0.25) is 0 Å². The Morgan fingerprint density at radius 2 is 1.62 bits per heavy atom. The summed E-state index contributed by atoms with van der Waals surface area (Å²) in [5.41, 5.74) is -0.527. The molecule has 2 rings (SSSR count). The summed E-state index contributed by atoms with van der Waals surface area (Å²) in [5, 5.41) is 2.98. The lowest BCUT2D eigenvalue weighted by atomic mass is 10.1. The first-order chi connectivity index (χ1) is 11.0. The van der Waals surface area contributed by atoms with Crippen molar-refractivity contribution < 1.29 is 18.4 Å². The second-order valence-electron chi connectivity index (χ2n) is 5.48. The van der Waals surface area contributed by atoms with Crippen molar-refractivity contribution >= 4 is 24.2 Å². The van der Waals surface area contributed by atoms with Crippen LogP contribution in [0.1, 0.15) is 23.2 Å². The van der Waals surface area contributed by atoms with Crippen molar-refractivity contribution in [1.82, 2.24) is 15.1 Å². The van der Waals surface area contributed by atoms with Crippen LogP contribution in [-0.4, -0.2) is 61.4 Å². The molecule has 0 radical (unpaired) electrons. The molecule has 1 aliphatic rings. The summed E-state index contributed by atoms with van der Waals surface area (Å²) in [6.07, 6.45) is 1.21. The normalized spacial score (nSPS) is 14.3. The highest BCUT2D eigenvalue weighted by atomic mass is 35.5. The van der Waals surface area contributed by atoms with Gasteiger partial charge in [0.05, 0.1) is 0 Å². The number of nitrogens with zero attached hydrogens (tertiary/aromatic N) is 2. The number of hydrogen-bond acceptors (Lipinski definition) is 3. The Morgan fingerprint density at radius 3 is 2.17 bits per heavy atom. The van der Waals surface area contributed by atoms with Gasteiger partial charge in [-0.25, -0.2) is 8.78 Å². The molecule has 0 atom stereocenters. The lowest BCUT2D eigenvalue weighted by Crippen LogP contribution is -2.50. The summed E-state index contributed by atoms with van der Waals surface area (Å²) in [4.78, 5) is 27.3. The van der Waals surface area contributed by atoms with E-state index < -0.39 is 23.1 Å². The molecule has 0 aliphatic carbocycles. The molecule has 1 aromatic rings. The van der Waals surface area contributed by atoms with Crippen LogP contribution in [-0.2, 0) is 4.79 Å². The fourth-order valence-electron chi connectivity index (χ4n) is 2.59. The van der Waals surface area contributed by atoms with Gasteiger partial charge < -0.3 is 15.1 Å². The van der Waals surface area contributed by atoms with Gasteiger partial charge in [0.25, 0.3) is 5.91 Å². The van der Waals surface area contributed by atoms with Crippen LogP contribution >= 0.6 is 12.4 Å². The molecule has 0 spiro atoms. The lowest BCUT2D eigenvalue weighted by Gasteiger charge is -2.35. The number of rotatable bonds is 5. The average Bonchev–Trinajstić information content (AvgIpc) is 2.55. The third-order valence-corrected chi connectivity index (χ3v) is 3.91. The zero-order valence-corrected chi connectivity index (χ0v) is 14.4. The van der Waals surface area contributed by atoms with Gasteiger partial charge in [0, 0.05) is 32.6 Å². The fraction of sp³-hybridized carbons (Fsp3) is 0.500. The van der Waals surface area contributed by atoms with Gasteiger partial charge in [0.15, 0.2) is 0 Å². The molecule has 8 heteroatoms. The van der Waals surface area contributed by atoms with Crippen molar-refractivity contribution in [2.45, 2.75) is 12.8 Å². The monoisotopic (exact) mass is 361 g/mol. The molecule has 0 aromatic heterocycles. The molecule has 1 N–H and O–H groups in total. The second kappa shape index (κ2) is 9.54. The summed E-state index contributed by atoms with van der Waals surface area (Å²) in [7, 11) is 1.83. The maximum absolute atomic E-state index is 13.7. The van der Waals surface area contributed by atoms with E-state index in [1.807, 2.05) is 7.05 Å². The Labute approximate surface area is 146 Å². The number of piperazine rings is 1. The summed E-state index contributed by atoms with van der Waals surface area (Å²) in [6.45, 7) is 2.12. The number of benzene rings is 1. The highest BCUT2D eigenvalue weighted by molar-refractivity contribution is 5.95. The third kappa shape index (κ3) is 4.88. The standard InChI is InChI=1S/C16H21F2N3O2.ClH/c1-19-7-3-6-14(22)20-8-10-21(11-9-20)16(23)15-12(17)4-2-5-13(15)18;/h2,4-5,19H,3,6-11H2,1H3;1H. The van der Waals surface area contributed by atoms with Gasteiger partial charge >= 0.3 is 0 Å². The summed E-state index contributed by atoms with van der Waals surface area (Å²) in [6, 6.07) is 3.36. The Bertz CT molecular complexity index is 558. The number of carbonyl (C=O) groups is 2. The zero-order chi connectivity index (χ0) is 16.8. The van der Waals surface area contributed by atoms with E-state index in [2.05, 4.69) is 5.32 Å². The van der Waals surface area contributed by atoms with Crippen molar-refractivity contribution in [2.75, 3.05) is 39.8 Å². The molecule has 2 amide bonds. The van der Waals surface area contributed by atoms with Gasteiger partial charge in [0.2, 0.25) is 5.91 Å². The molecule has 0 saturated carbocycles. The van der Waals surface area contributed by atoms with Crippen LogP contribution in [0.5, 0.6) is 0 Å². The fourth-order valence-corrected chi connectivity index (χ4v) is 2.59. The van der Waals surface area contributed by atoms with E-state index in [0.717, 1.165) is 25.1 Å². The molecule has 5 nitrogen and oxygen atoms in total. The molecule has 134 valence electrons. The van der Waals surface area contributed by atoms with Crippen LogP contribution < -0.4 is 5.32 Å². The summed E-state index contributed by atoms with van der Waals surface area (Å²) >= 11 is 0. The van der Waals surface area contributed by atoms with Gasteiger partial charge in [-0.2, -0.15) is 0 Å². The molecule has 1 saturated heterocycles. The van der Waals surface area contributed by atoms with Crippen molar-refractivity contribution in [3.8, 4) is 0 Å². The van der Waals surface area contributed by atoms with Gasteiger partial charge in [-0.1, -0.05) is 6.07 Å². The van der Waals surface area contributed by atoms with Crippen LogP contribution in [0.4, 0.5) is 8.78 Å². The Morgan fingerprint density at radius 1 is 1.08 bits per heavy atom. The highest BCUT2D eigenvalue weighted by Crippen LogP contribution is 2.16. The Balaban J connectivity index is 0.00000288. The van der Waals surface area contributed by atoms with Crippen LogP contribution in [0.15, 0.2) is 18.2 Å². The van der Waals surface area contributed by atoms with Gasteiger partial charge in [-0.05, 0) is 32.1 Å². The van der Waals surface area contributed by atoms with Crippen LogP contribution in [0.3, 0.4) is 0 Å². The predicted molar refractivity (Wildman–Crippen MR) is 89.3 cm³/mol. The molecule has 1 aromatic carbocycles. The van der Waals surface area contributed by atoms with E-state index in [1.165, 1.54) is 11.0 Å². The van der Waals surface area contributed by atoms with Crippen LogP contribution in [0.25, 0.3) is 0 Å². The maximum atomic E-state index is 13.7. The zero-order valence-electron chi connectivity index (χ0n) is 13.6. The van der Waals surface area contributed by atoms with E-state index in [0.29, 0.717) is 19.5 Å². The number of nitrogens with one attached hydrogen (secondary N) is 1. The first-order valence-corrected chi connectivity index (χ1v) is 7.70. The van der Waals surface area contributed by atoms with Gasteiger partial charge in [-0.3, -0.25) is 9.59 Å². The lowest BCUT2D eigenvalue weighted by molar-refractivity contribution is -0.132. The number of hydrogen-bond donors (Lipinski definition) is 1. The van der Waals surface area contributed by atoms with Crippen molar-refractivity contribution in [3.05, 3.63) is 35.4 Å². The number of amides is 2. The molecule has 1 fully saturated rings.